The highest BCUT2D eigenvalue weighted by molar-refractivity contribution is 7.10. The number of thiophene rings is 1. The van der Waals surface area contributed by atoms with Gasteiger partial charge in [-0.3, -0.25) is 0 Å². The summed E-state index contributed by atoms with van der Waals surface area (Å²) in [6, 6.07) is 6.10. The molecule has 3 N–H and O–H groups in total. The second kappa shape index (κ2) is 3.99. The predicted molar refractivity (Wildman–Crippen MR) is 74.9 cm³/mol. The molecule has 2 aliphatic rings. The van der Waals surface area contributed by atoms with Crippen LogP contribution < -0.4 is 5.32 Å². The van der Waals surface area contributed by atoms with Gasteiger partial charge in [-0.2, -0.15) is 0 Å². The Hall–Kier alpha value is -1.52. The van der Waals surface area contributed by atoms with Gasteiger partial charge in [-0.15, -0.1) is 11.3 Å². The zero-order valence-corrected chi connectivity index (χ0v) is 11.2. The molecule has 4 rings (SSSR count). The first kappa shape index (κ1) is 11.3. The van der Waals surface area contributed by atoms with E-state index in [4.69, 9.17) is 0 Å². The lowest BCUT2D eigenvalue weighted by Crippen LogP contribution is -2.41. The molecule has 1 aliphatic carbocycles. The summed E-state index contributed by atoms with van der Waals surface area (Å²) in [4.78, 5) is 1.41. The van der Waals surface area contributed by atoms with Crippen molar-refractivity contribution in [2.75, 3.05) is 0 Å². The number of phenols is 2. The maximum absolute atomic E-state index is 9.80. The Morgan fingerprint density at radius 1 is 1.16 bits per heavy atom. The van der Waals surface area contributed by atoms with Gasteiger partial charge in [0, 0.05) is 23.4 Å². The molecule has 0 spiro atoms. The summed E-state index contributed by atoms with van der Waals surface area (Å²) in [6.07, 6.45) is 2.04. The fourth-order valence-electron chi connectivity index (χ4n) is 3.39. The van der Waals surface area contributed by atoms with Crippen LogP contribution in [0.2, 0.25) is 0 Å². The molecule has 0 unspecified atom stereocenters. The van der Waals surface area contributed by atoms with Crippen LogP contribution in [0.5, 0.6) is 11.5 Å². The van der Waals surface area contributed by atoms with Gasteiger partial charge >= 0.3 is 0 Å². The molecule has 3 nitrogen and oxygen atoms in total. The van der Waals surface area contributed by atoms with E-state index < -0.39 is 0 Å². The predicted octanol–water partition coefficient (Wildman–Crippen LogP) is 2.71. The molecule has 4 heteroatoms. The molecule has 2 atom stereocenters. The van der Waals surface area contributed by atoms with Crippen LogP contribution >= 0.6 is 11.3 Å². The fourth-order valence-corrected chi connectivity index (χ4v) is 4.50. The third-order valence-electron chi connectivity index (χ3n) is 4.32. The van der Waals surface area contributed by atoms with Crippen LogP contribution in [-0.2, 0) is 13.0 Å². The molecule has 2 heterocycles. The van der Waals surface area contributed by atoms with Crippen LogP contribution in [0.25, 0.3) is 0 Å². The van der Waals surface area contributed by atoms with E-state index >= 15 is 0 Å². The van der Waals surface area contributed by atoms with Gasteiger partial charge in [0.25, 0.3) is 0 Å². The Bertz CT molecular complexity index is 650. The van der Waals surface area contributed by atoms with Gasteiger partial charge in [0.2, 0.25) is 0 Å². The number of aryl methyl sites for hydroxylation is 1. The minimum absolute atomic E-state index is 0.00706. The first-order valence-electron chi connectivity index (χ1n) is 6.58. The van der Waals surface area contributed by atoms with Gasteiger partial charge in [0.05, 0.1) is 0 Å². The van der Waals surface area contributed by atoms with Crippen LogP contribution in [-0.4, -0.2) is 16.3 Å². The van der Waals surface area contributed by atoms with Crippen molar-refractivity contribution in [1.82, 2.24) is 5.32 Å². The summed E-state index contributed by atoms with van der Waals surface area (Å²) in [7, 11) is 0. The number of nitrogens with one attached hydrogen (secondary N) is 1. The number of hydrogen-bond donors (Lipinski definition) is 3. The Morgan fingerprint density at radius 3 is 2.89 bits per heavy atom. The normalized spacial score (nSPS) is 24.4. The molecule has 0 fully saturated rings. The van der Waals surface area contributed by atoms with Crippen LogP contribution in [0.4, 0.5) is 0 Å². The number of rotatable bonds is 0. The Balaban J connectivity index is 1.91. The molecule has 98 valence electrons. The molecular weight excluding hydrogens is 258 g/mol. The van der Waals surface area contributed by atoms with E-state index in [-0.39, 0.29) is 11.5 Å². The number of aromatic hydroxyl groups is 2. The smallest absolute Gasteiger partial charge is 0.157 e. The number of phenolic OH excluding ortho intramolecular Hbond substituents is 2. The number of benzene rings is 1. The molecule has 0 bridgehead atoms. The van der Waals surface area contributed by atoms with E-state index in [9.17, 15) is 10.2 Å². The number of hydrogen-bond acceptors (Lipinski definition) is 4. The average Bonchev–Trinajstić information content (AvgIpc) is 2.88. The van der Waals surface area contributed by atoms with Crippen molar-refractivity contribution < 1.29 is 10.2 Å². The minimum Gasteiger partial charge on any atom is -0.504 e. The summed E-state index contributed by atoms with van der Waals surface area (Å²) < 4.78 is 0. The van der Waals surface area contributed by atoms with E-state index in [1.165, 1.54) is 21.6 Å². The van der Waals surface area contributed by atoms with E-state index in [1.807, 2.05) is 0 Å². The van der Waals surface area contributed by atoms with Crippen molar-refractivity contribution in [3.8, 4) is 11.5 Å². The van der Waals surface area contributed by atoms with Gasteiger partial charge in [0.15, 0.2) is 11.5 Å². The monoisotopic (exact) mass is 273 g/mol. The maximum atomic E-state index is 9.80. The lowest BCUT2D eigenvalue weighted by Gasteiger charge is -2.38. The van der Waals surface area contributed by atoms with E-state index in [0.29, 0.717) is 12.0 Å². The summed E-state index contributed by atoms with van der Waals surface area (Å²) in [5.74, 6) is 0.300. The van der Waals surface area contributed by atoms with Gasteiger partial charge in [-0.05, 0) is 53.1 Å². The maximum Gasteiger partial charge on any atom is 0.157 e. The van der Waals surface area contributed by atoms with Crippen LogP contribution in [0.15, 0.2) is 23.6 Å². The Labute approximate surface area is 115 Å². The molecule has 1 aromatic carbocycles. The van der Waals surface area contributed by atoms with Crippen molar-refractivity contribution >= 4 is 11.3 Å². The Morgan fingerprint density at radius 2 is 2.00 bits per heavy atom. The minimum atomic E-state index is -0.0110. The largest absolute Gasteiger partial charge is 0.504 e. The molecule has 0 saturated carbocycles. The first-order valence-corrected chi connectivity index (χ1v) is 7.46. The molecule has 1 aromatic heterocycles. The summed E-state index contributed by atoms with van der Waals surface area (Å²) in [5.41, 5.74) is 3.70. The molecule has 0 amide bonds. The zero-order chi connectivity index (χ0) is 13.0. The molecule has 0 saturated heterocycles. The quantitative estimate of drug-likeness (QED) is 0.647. The standard InChI is InChI=1S/C15H15NO2S/c17-12-5-8-1-2-11-14(10(8)6-13(12)18)15-9(7-16-11)3-4-19-15/h3-6,11,14,16-18H,1-2,7H2/t11-,14+/m1/s1. The van der Waals surface area contributed by atoms with E-state index in [2.05, 4.69) is 16.8 Å². The molecule has 2 aromatic rings. The van der Waals surface area contributed by atoms with Crippen LogP contribution in [0, 0.1) is 0 Å². The first-order chi connectivity index (χ1) is 9.24. The van der Waals surface area contributed by atoms with E-state index in [0.717, 1.165) is 19.4 Å². The third-order valence-corrected chi connectivity index (χ3v) is 5.36. The fraction of sp³-hybridized carbons (Fsp3) is 0.333. The highest BCUT2D eigenvalue weighted by atomic mass is 32.1. The summed E-state index contributed by atoms with van der Waals surface area (Å²) in [5, 5.41) is 25.2. The summed E-state index contributed by atoms with van der Waals surface area (Å²) in [6.45, 7) is 0.944. The second-order valence-electron chi connectivity index (χ2n) is 5.35. The summed E-state index contributed by atoms with van der Waals surface area (Å²) >= 11 is 1.80. The second-order valence-corrected chi connectivity index (χ2v) is 6.30. The van der Waals surface area contributed by atoms with Crippen molar-refractivity contribution in [3.05, 3.63) is 45.1 Å². The highest BCUT2D eigenvalue weighted by Crippen LogP contribution is 2.45. The van der Waals surface area contributed by atoms with Crippen LogP contribution in [0.1, 0.15) is 33.9 Å². The van der Waals surface area contributed by atoms with Gasteiger partial charge in [-0.1, -0.05) is 0 Å². The number of fused-ring (bicyclic) bond motifs is 5. The van der Waals surface area contributed by atoms with Crippen molar-refractivity contribution in [2.45, 2.75) is 31.3 Å². The SMILES string of the molecule is Oc1cc2c(cc1O)[C@@H]1c3sccc3CN[C@@H]1CC2. The highest BCUT2D eigenvalue weighted by Gasteiger charge is 2.36. The zero-order valence-electron chi connectivity index (χ0n) is 10.4. The molecule has 0 radical (unpaired) electrons. The van der Waals surface area contributed by atoms with Gasteiger partial charge < -0.3 is 15.5 Å². The molecule has 19 heavy (non-hydrogen) atoms. The van der Waals surface area contributed by atoms with Crippen molar-refractivity contribution in [1.29, 1.82) is 0 Å². The van der Waals surface area contributed by atoms with Gasteiger partial charge in [-0.25, -0.2) is 0 Å². The average molecular weight is 273 g/mol. The Kier molecular flexibility index (Phi) is 2.37. The molecular formula is C15H15NO2S. The van der Waals surface area contributed by atoms with Crippen molar-refractivity contribution in [2.24, 2.45) is 0 Å². The van der Waals surface area contributed by atoms with Crippen molar-refractivity contribution in [3.63, 3.8) is 0 Å². The topological polar surface area (TPSA) is 52.5 Å². The van der Waals surface area contributed by atoms with Crippen LogP contribution in [0.3, 0.4) is 0 Å². The van der Waals surface area contributed by atoms with E-state index in [1.54, 1.807) is 23.5 Å². The van der Waals surface area contributed by atoms with Gasteiger partial charge in [0.1, 0.15) is 0 Å². The third kappa shape index (κ3) is 1.60. The lowest BCUT2D eigenvalue weighted by atomic mass is 9.75. The lowest BCUT2D eigenvalue weighted by molar-refractivity contribution is 0.383. The molecule has 1 aliphatic heterocycles.